The number of aliphatic carboxylic acids is 1. The van der Waals surface area contributed by atoms with Crippen molar-refractivity contribution in [3.05, 3.63) is 45.9 Å². The summed E-state index contributed by atoms with van der Waals surface area (Å²) in [4.78, 5) is 16.6. The number of benzene rings is 1. The Morgan fingerprint density at radius 2 is 1.95 bits per heavy atom. The third-order valence-corrected chi connectivity index (χ3v) is 2.49. The molecule has 19 heavy (non-hydrogen) atoms. The van der Waals surface area contributed by atoms with Crippen LogP contribution in [-0.2, 0) is 4.79 Å². The Kier molecular flexibility index (Phi) is 6.49. The van der Waals surface area contributed by atoms with Crippen molar-refractivity contribution in [2.75, 3.05) is 6.61 Å². The van der Waals surface area contributed by atoms with E-state index in [-0.39, 0.29) is 15.8 Å². The zero-order valence-electron chi connectivity index (χ0n) is 9.44. The van der Waals surface area contributed by atoms with Crippen LogP contribution in [0, 0.1) is 0 Å². The van der Waals surface area contributed by atoms with E-state index in [0.717, 1.165) is 0 Å². The second-order valence-corrected chi connectivity index (χ2v) is 4.39. The number of carboxylic acids is 1. The molecule has 0 amide bonds. The van der Waals surface area contributed by atoms with Gasteiger partial charge in [0.05, 0.1) is 16.4 Å². The second kappa shape index (κ2) is 7.89. The minimum absolute atomic E-state index is 0.125. The number of H-pyrrole nitrogens is 1. The largest absolute Gasteiger partial charge is 0.479 e. The van der Waals surface area contributed by atoms with Crippen LogP contribution >= 0.6 is 34.8 Å². The maximum atomic E-state index is 10.2. The fourth-order valence-corrected chi connectivity index (χ4v) is 1.94. The van der Waals surface area contributed by atoms with E-state index in [2.05, 4.69) is 9.97 Å². The number of nitrogens with zero attached hydrogens (tertiary/aromatic N) is 1. The molecule has 102 valence electrons. The summed E-state index contributed by atoms with van der Waals surface area (Å²) in [7, 11) is 0. The fourth-order valence-electron chi connectivity index (χ4n) is 1.02. The molecule has 0 aliphatic rings. The molecule has 0 aliphatic carbocycles. The molecular weight excluding hydrogens is 314 g/mol. The highest BCUT2D eigenvalue weighted by Crippen LogP contribution is 2.35. The minimum Gasteiger partial charge on any atom is -0.479 e. The summed E-state index contributed by atoms with van der Waals surface area (Å²) < 4.78 is 4.86. The second-order valence-electron chi connectivity index (χ2n) is 3.14. The number of rotatable bonds is 3. The molecular formula is C11H9Cl3N2O3. The van der Waals surface area contributed by atoms with Crippen molar-refractivity contribution in [3.63, 3.8) is 0 Å². The summed E-state index contributed by atoms with van der Waals surface area (Å²) in [5.74, 6) is -0.979. The van der Waals surface area contributed by atoms with Gasteiger partial charge in [0.25, 0.3) is 0 Å². The van der Waals surface area contributed by atoms with Gasteiger partial charge in [0.15, 0.2) is 12.4 Å². The fraction of sp³-hybridized carbons (Fsp3) is 0.0909. The SMILES string of the molecule is O=C(O)COc1c(Cl)cc(Cl)cc1Cl.c1c[nH]cn1. The molecule has 0 saturated carbocycles. The summed E-state index contributed by atoms with van der Waals surface area (Å²) in [6, 6.07) is 2.85. The number of hydrogen-bond donors (Lipinski definition) is 2. The quantitative estimate of drug-likeness (QED) is 0.906. The number of imidazole rings is 1. The van der Waals surface area contributed by atoms with Gasteiger partial charge in [0.1, 0.15) is 0 Å². The zero-order valence-corrected chi connectivity index (χ0v) is 11.7. The van der Waals surface area contributed by atoms with Gasteiger partial charge >= 0.3 is 5.97 Å². The van der Waals surface area contributed by atoms with Gasteiger partial charge in [0, 0.05) is 17.4 Å². The van der Waals surface area contributed by atoms with Crippen molar-refractivity contribution in [2.45, 2.75) is 0 Å². The van der Waals surface area contributed by atoms with E-state index in [1.165, 1.54) is 12.1 Å². The van der Waals surface area contributed by atoms with Gasteiger partial charge in [-0.05, 0) is 12.1 Å². The summed E-state index contributed by atoms with van der Waals surface area (Å²) in [6.45, 7) is -0.499. The summed E-state index contributed by atoms with van der Waals surface area (Å²) in [5, 5.41) is 9.11. The predicted octanol–water partition coefficient (Wildman–Crippen LogP) is 3.52. The van der Waals surface area contributed by atoms with Gasteiger partial charge in [0.2, 0.25) is 0 Å². The molecule has 0 unspecified atom stereocenters. The Morgan fingerprint density at radius 3 is 2.32 bits per heavy atom. The van der Waals surface area contributed by atoms with Gasteiger partial charge < -0.3 is 14.8 Å². The lowest BCUT2D eigenvalue weighted by Crippen LogP contribution is -2.09. The molecule has 0 radical (unpaired) electrons. The molecule has 0 spiro atoms. The molecule has 2 rings (SSSR count). The molecule has 2 N–H and O–H groups in total. The third kappa shape index (κ3) is 5.83. The van der Waals surface area contributed by atoms with E-state index in [9.17, 15) is 4.79 Å². The van der Waals surface area contributed by atoms with Crippen LogP contribution in [0.25, 0.3) is 0 Å². The summed E-state index contributed by atoms with van der Waals surface area (Å²) in [5.41, 5.74) is 0. The lowest BCUT2D eigenvalue weighted by Gasteiger charge is -2.07. The van der Waals surface area contributed by atoms with Crippen molar-refractivity contribution in [3.8, 4) is 5.75 Å². The predicted molar refractivity (Wildman–Crippen MR) is 73.2 cm³/mol. The first-order valence-corrected chi connectivity index (χ1v) is 6.06. The maximum absolute atomic E-state index is 10.2. The molecule has 0 bridgehead atoms. The Labute approximate surface area is 124 Å². The first kappa shape index (κ1) is 15.6. The number of halogens is 3. The molecule has 1 heterocycles. The Hall–Kier alpha value is -1.43. The highest BCUT2D eigenvalue weighted by molar-refractivity contribution is 6.40. The number of hydrogen-bond acceptors (Lipinski definition) is 3. The molecule has 0 aliphatic heterocycles. The summed E-state index contributed by atoms with van der Waals surface area (Å²) in [6.07, 6.45) is 5.08. The van der Waals surface area contributed by atoms with Crippen LogP contribution in [0.5, 0.6) is 5.75 Å². The van der Waals surface area contributed by atoms with Gasteiger partial charge in [-0.1, -0.05) is 34.8 Å². The molecule has 0 saturated heterocycles. The van der Waals surface area contributed by atoms with E-state index in [1.54, 1.807) is 18.7 Å². The lowest BCUT2D eigenvalue weighted by molar-refractivity contribution is -0.139. The zero-order chi connectivity index (χ0) is 14.3. The first-order valence-electron chi connectivity index (χ1n) is 4.92. The number of ether oxygens (including phenoxy) is 1. The number of aromatic nitrogens is 2. The van der Waals surface area contributed by atoms with Crippen LogP contribution in [0.4, 0.5) is 0 Å². The van der Waals surface area contributed by atoms with E-state index < -0.39 is 12.6 Å². The number of nitrogens with one attached hydrogen (secondary N) is 1. The molecule has 0 fully saturated rings. The normalized spacial score (nSPS) is 9.42. The standard InChI is InChI=1S/C8H5Cl3O3.C3H4N2/c9-4-1-5(10)8(6(11)2-4)14-3-7(12)13;1-2-5-3-4-1/h1-2H,3H2,(H,12,13);1-3H,(H,4,5). The molecule has 1 aromatic carbocycles. The van der Waals surface area contributed by atoms with Crippen LogP contribution < -0.4 is 4.74 Å². The van der Waals surface area contributed by atoms with Crippen LogP contribution in [-0.4, -0.2) is 27.7 Å². The Morgan fingerprint density at radius 1 is 1.32 bits per heavy atom. The Bertz CT molecular complexity index is 492. The maximum Gasteiger partial charge on any atom is 0.341 e. The highest BCUT2D eigenvalue weighted by atomic mass is 35.5. The average molecular weight is 324 g/mol. The average Bonchev–Trinajstić information content (AvgIpc) is 2.85. The van der Waals surface area contributed by atoms with Crippen molar-refractivity contribution in [1.29, 1.82) is 0 Å². The van der Waals surface area contributed by atoms with Crippen LogP contribution in [0.2, 0.25) is 15.1 Å². The highest BCUT2D eigenvalue weighted by Gasteiger charge is 2.10. The number of carboxylic acid groups (broad SMARTS) is 1. The van der Waals surface area contributed by atoms with E-state index in [4.69, 9.17) is 44.6 Å². The van der Waals surface area contributed by atoms with Gasteiger partial charge in [-0.2, -0.15) is 0 Å². The Balaban J connectivity index is 0.000000300. The van der Waals surface area contributed by atoms with E-state index in [1.807, 2.05) is 0 Å². The third-order valence-electron chi connectivity index (χ3n) is 1.71. The molecule has 1 aromatic heterocycles. The topological polar surface area (TPSA) is 75.2 Å². The smallest absolute Gasteiger partial charge is 0.341 e. The van der Waals surface area contributed by atoms with Gasteiger partial charge in [-0.25, -0.2) is 9.78 Å². The minimum atomic E-state index is -1.10. The van der Waals surface area contributed by atoms with Gasteiger partial charge in [-0.3, -0.25) is 0 Å². The first-order chi connectivity index (χ1) is 9.00. The van der Waals surface area contributed by atoms with Crippen molar-refractivity contribution in [1.82, 2.24) is 9.97 Å². The van der Waals surface area contributed by atoms with Crippen LogP contribution in [0.15, 0.2) is 30.9 Å². The molecule has 2 aromatic rings. The van der Waals surface area contributed by atoms with Crippen molar-refractivity contribution < 1.29 is 14.6 Å². The van der Waals surface area contributed by atoms with E-state index in [0.29, 0.717) is 5.02 Å². The van der Waals surface area contributed by atoms with Crippen molar-refractivity contribution in [2.24, 2.45) is 0 Å². The van der Waals surface area contributed by atoms with Crippen LogP contribution in [0.3, 0.4) is 0 Å². The molecule has 0 atom stereocenters. The van der Waals surface area contributed by atoms with Crippen LogP contribution in [0.1, 0.15) is 0 Å². The number of aromatic amines is 1. The van der Waals surface area contributed by atoms with E-state index >= 15 is 0 Å². The lowest BCUT2D eigenvalue weighted by atomic mass is 10.3. The molecule has 8 heteroatoms. The van der Waals surface area contributed by atoms with Gasteiger partial charge in [-0.15, -0.1) is 0 Å². The van der Waals surface area contributed by atoms with Crippen molar-refractivity contribution >= 4 is 40.8 Å². The molecule has 5 nitrogen and oxygen atoms in total. The number of carbonyl (C=O) groups is 1. The summed E-state index contributed by atoms with van der Waals surface area (Å²) >= 11 is 17.1. The monoisotopic (exact) mass is 322 g/mol.